The molecule has 0 saturated heterocycles. The van der Waals surface area contributed by atoms with Crippen molar-refractivity contribution in [1.29, 1.82) is 0 Å². The summed E-state index contributed by atoms with van der Waals surface area (Å²) in [6, 6.07) is 15.1. The van der Waals surface area contributed by atoms with E-state index in [1.165, 1.54) is 17.4 Å². The Kier molecular flexibility index (Phi) is 7.03. The highest BCUT2D eigenvalue weighted by atomic mass is 32.1. The number of unbranched alkanes of at least 4 members (excludes halogenated alkanes) is 1. The topological polar surface area (TPSA) is 51.7 Å². The summed E-state index contributed by atoms with van der Waals surface area (Å²) >= 11 is 1.41. The molecule has 3 aromatic rings. The molecular formula is C23H24N2O3S. The van der Waals surface area contributed by atoms with Gasteiger partial charge in [-0.1, -0.05) is 19.9 Å². The molecule has 1 amide bonds. The van der Waals surface area contributed by atoms with Crippen molar-refractivity contribution < 1.29 is 14.3 Å². The maximum Gasteiger partial charge on any atom is 0.256 e. The lowest BCUT2D eigenvalue weighted by molar-refractivity contribution is -0.113. The quantitative estimate of drug-likeness (QED) is 0.329. The number of thiazole rings is 1. The highest BCUT2D eigenvalue weighted by Gasteiger charge is 2.19. The first-order valence-corrected chi connectivity index (χ1v) is 10.3. The minimum atomic E-state index is -0.236. The van der Waals surface area contributed by atoms with Gasteiger partial charge < -0.3 is 9.47 Å². The van der Waals surface area contributed by atoms with Gasteiger partial charge in [0.15, 0.2) is 5.13 Å². The van der Waals surface area contributed by atoms with Crippen LogP contribution in [0.5, 0.6) is 11.5 Å². The van der Waals surface area contributed by atoms with Crippen LogP contribution in [-0.2, 0) is 4.79 Å². The van der Waals surface area contributed by atoms with E-state index in [9.17, 15) is 4.79 Å². The number of rotatable bonds is 9. The summed E-state index contributed by atoms with van der Waals surface area (Å²) in [4.78, 5) is 18.8. The molecule has 0 unspecified atom stereocenters. The van der Waals surface area contributed by atoms with Crippen molar-refractivity contribution in [3.05, 3.63) is 66.6 Å². The normalized spacial score (nSPS) is 10.4. The van der Waals surface area contributed by atoms with Gasteiger partial charge in [0.25, 0.3) is 5.91 Å². The van der Waals surface area contributed by atoms with Crippen molar-refractivity contribution in [1.82, 2.24) is 4.98 Å². The summed E-state index contributed by atoms with van der Waals surface area (Å²) in [5, 5.41) is 2.52. The third kappa shape index (κ3) is 5.03. The minimum Gasteiger partial charge on any atom is -0.497 e. The first kappa shape index (κ1) is 20.6. The van der Waals surface area contributed by atoms with Crippen LogP contribution in [0.15, 0.2) is 66.6 Å². The van der Waals surface area contributed by atoms with Crippen LogP contribution in [0.2, 0.25) is 0 Å². The third-order valence-corrected chi connectivity index (χ3v) is 5.15. The Morgan fingerprint density at radius 1 is 1.14 bits per heavy atom. The molecule has 2 aromatic carbocycles. The molecule has 0 saturated carbocycles. The minimum absolute atomic E-state index is 0.236. The molecule has 0 aliphatic heterocycles. The van der Waals surface area contributed by atoms with Crippen LogP contribution in [0.3, 0.4) is 0 Å². The summed E-state index contributed by atoms with van der Waals surface area (Å²) in [5.74, 6) is 1.33. The number of nitrogens with zero attached hydrogens (tertiary/aromatic N) is 2. The Bertz CT molecular complexity index is 949. The van der Waals surface area contributed by atoms with Crippen LogP contribution >= 0.6 is 11.3 Å². The van der Waals surface area contributed by atoms with E-state index in [1.54, 1.807) is 12.0 Å². The Balaban J connectivity index is 1.85. The number of benzene rings is 2. The van der Waals surface area contributed by atoms with Gasteiger partial charge in [0.05, 0.1) is 25.1 Å². The fraction of sp³-hybridized carbons (Fsp3) is 0.217. The number of aromatic nitrogens is 1. The van der Waals surface area contributed by atoms with E-state index in [2.05, 4.69) is 18.5 Å². The Morgan fingerprint density at radius 2 is 1.83 bits per heavy atom. The predicted molar refractivity (Wildman–Crippen MR) is 118 cm³/mol. The molecule has 0 N–H and O–H groups in total. The highest BCUT2D eigenvalue weighted by Crippen LogP contribution is 2.33. The lowest BCUT2D eigenvalue weighted by Gasteiger charge is -2.18. The molecule has 0 spiro atoms. The molecule has 0 aliphatic carbocycles. The second-order valence-electron chi connectivity index (χ2n) is 6.32. The molecule has 0 radical (unpaired) electrons. The van der Waals surface area contributed by atoms with E-state index in [4.69, 9.17) is 9.47 Å². The zero-order valence-corrected chi connectivity index (χ0v) is 17.4. The Hall–Kier alpha value is -3.12. The first-order valence-electron chi connectivity index (χ1n) is 9.45. The van der Waals surface area contributed by atoms with Crippen molar-refractivity contribution in [3.8, 4) is 22.8 Å². The average molecular weight is 409 g/mol. The van der Waals surface area contributed by atoms with Gasteiger partial charge >= 0.3 is 0 Å². The van der Waals surface area contributed by atoms with E-state index in [0.29, 0.717) is 17.4 Å². The van der Waals surface area contributed by atoms with Gasteiger partial charge in [-0.05, 0) is 61.0 Å². The van der Waals surface area contributed by atoms with Gasteiger partial charge in [0.2, 0.25) is 0 Å². The maximum atomic E-state index is 12.6. The van der Waals surface area contributed by atoms with Crippen molar-refractivity contribution in [2.24, 2.45) is 0 Å². The fourth-order valence-electron chi connectivity index (χ4n) is 2.71. The van der Waals surface area contributed by atoms with Crippen molar-refractivity contribution in [3.63, 3.8) is 0 Å². The molecular weight excluding hydrogens is 384 g/mol. The number of anilines is 2. The van der Waals surface area contributed by atoms with Crippen LogP contribution in [0.25, 0.3) is 11.3 Å². The SMILES string of the molecule is C=CC(=O)N(c1ccc(OCCCC)cc1)c1nc(-c2ccc(OC)cc2)cs1. The smallest absolute Gasteiger partial charge is 0.256 e. The van der Waals surface area contributed by atoms with E-state index in [0.717, 1.165) is 35.6 Å². The van der Waals surface area contributed by atoms with E-state index in [-0.39, 0.29) is 5.91 Å². The van der Waals surface area contributed by atoms with Gasteiger partial charge in [-0.3, -0.25) is 9.69 Å². The number of hydrogen-bond donors (Lipinski definition) is 0. The number of carbonyl (C=O) groups is 1. The van der Waals surface area contributed by atoms with Crippen LogP contribution in [-0.4, -0.2) is 24.6 Å². The summed E-state index contributed by atoms with van der Waals surface area (Å²) in [5.41, 5.74) is 2.47. The molecule has 0 atom stereocenters. The standard InChI is InChI=1S/C23H24N2O3S/c1-4-6-15-28-20-13-9-18(10-14-20)25(22(26)5-2)23-24-21(16-29-23)17-7-11-19(27-3)12-8-17/h5,7-14,16H,2,4,6,15H2,1,3H3. The lowest BCUT2D eigenvalue weighted by atomic mass is 10.2. The Morgan fingerprint density at radius 3 is 2.45 bits per heavy atom. The van der Waals surface area contributed by atoms with Crippen molar-refractivity contribution in [2.75, 3.05) is 18.6 Å². The molecule has 1 heterocycles. The predicted octanol–water partition coefficient (Wildman–Crippen LogP) is 5.85. The number of carbonyl (C=O) groups excluding carboxylic acids is 1. The number of ether oxygens (including phenoxy) is 2. The van der Waals surface area contributed by atoms with E-state index < -0.39 is 0 Å². The molecule has 6 heteroatoms. The summed E-state index contributed by atoms with van der Waals surface area (Å²) in [7, 11) is 1.63. The molecule has 0 bridgehead atoms. The zero-order chi connectivity index (χ0) is 20.6. The molecule has 1 aromatic heterocycles. The van der Waals surface area contributed by atoms with E-state index in [1.807, 2.05) is 53.9 Å². The largest absolute Gasteiger partial charge is 0.497 e. The number of methoxy groups -OCH3 is 1. The van der Waals surface area contributed by atoms with Gasteiger partial charge in [-0.25, -0.2) is 4.98 Å². The molecule has 3 rings (SSSR count). The van der Waals surface area contributed by atoms with Gasteiger partial charge in [0.1, 0.15) is 11.5 Å². The molecule has 29 heavy (non-hydrogen) atoms. The second kappa shape index (κ2) is 9.89. The lowest BCUT2D eigenvalue weighted by Crippen LogP contribution is -2.23. The van der Waals surface area contributed by atoms with Crippen LogP contribution in [0.4, 0.5) is 10.8 Å². The molecule has 150 valence electrons. The Labute approximate surface area is 175 Å². The van der Waals surface area contributed by atoms with Gasteiger partial charge in [-0.15, -0.1) is 11.3 Å². The molecule has 5 nitrogen and oxygen atoms in total. The average Bonchev–Trinajstić information content (AvgIpc) is 3.24. The second-order valence-corrected chi connectivity index (χ2v) is 7.15. The fourth-order valence-corrected chi connectivity index (χ4v) is 3.57. The number of amides is 1. The first-order chi connectivity index (χ1) is 14.2. The highest BCUT2D eigenvalue weighted by molar-refractivity contribution is 7.14. The van der Waals surface area contributed by atoms with E-state index >= 15 is 0 Å². The third-order valence-electron chi connectivity index (χ3n) is 4.33. The maximum absolute atomic E-state index is 12.6. The number of hydrogen-bond acceptors (Lipinski definition) is 5. The van der Waals surface area contributed by atoms with Crippen LogP contribution in [0.1, 0.15) is 19.8 Å². The zero-order valence-electron chi connectivity index (χ0n) is 16.6. The summed E-state index contributed by atoms with van der Waals surface area (Å²) in [6.07, 6.45) is 3.39. The molecule has 0 fully saturated rings. The van der Waals surface area contributed by atoms with Gasteiger partial charge in [-0.2, -0.15) is 0 Å². The summed E-state index contributed by atoms with van der Waals surface area (Å²) in [6.45, 7) is 6.44. The van der Waals surface area contributed by atoms with Crippen LogP contribution < -0.4 is 14.4 Å². The summed E-state index contributed by atoms with van der Waals surface area (Å²) < 4.78 is 10.9. The van der Waals surface area contributed by atoms with Crippen molar-refractivity contribution >= 4 is 28.1 Å². The van der Waals surface area contributed by atoms with Gasteiger partial charge in [0, 0.05) is 10.9 Å². The molecule has 0 aliphatic rings. The van der Waals surface area contributed by atoms with Crippen molar-refractivity contribution in [2.45, 2.75) is 19.8 Å². The van der Waals surface area contributed by atoms with Crippen LogP contribution in [0, 0.1) is 0 Å². The monoisotopic (exact) mass is 408 g/mol.